The Bertz CT molecular complexity index is 606. The minimum Gasteiger partial charge on any atom is -0.464 e. The number of furan rings is 1. The van der Waals surface area contributed by atoms with Crippen LogP contribution in [0.25, 0.3) is 11.3 Å². The van der Waals surface area contributed by atoms with Crippen LogP contribution in [-0.4, -0.2) is 35.0 Å². The first-order valence-corrected chi connectivity index (χ1v) is 7.52. The largest absolute Gasteiger partial charge is 0.464 e. The molecule has 0 bridgehead atoms. The molecule has 0 spiro atoms. The van der Waals surface area contributed by atoms with Crippen molar-refractivity contribution in [2.75, 3.05) is 18.5 Å². The van der Waals surface area contributed by atoms with Gasteiger partial charge in [0.25, 0.3) is 0 Å². The van der Waals surface area contributed by atoms with Crippen molar-refractivity contribution in [2.45, 2.75) is 25.4 Å². The lowest BCUT2D eigenvalue weighted by molar-refractivity contribution is 0.0464. The first kappa shape index (κ1) is 17.1. The molecular weight excluding hydrogens is 296 g/mol. The van der Waals surface area contributed by atoms with Crippen LogP contribution < -0.4 is 10.6 Å². The highest BCUT2D eigenvalue weighted by Crippen LogP contribution is 2.21. The van der Waals surface area contributed by atoms with Crippen LogP contribution in [0.5, 0.6) is 0 Å². The van der Waals surface area contributed by atoms with E-state index in [9.17, 15) is 9.90 Å². The summed E-state index contributed by atoms with van der Waals surface area (Å²) in [5.74, 6) is 0.765. The minimum absolute atomic E-state index is 0.0182. The van der Waals surface area contributed by atoms with E-state index in [-0.39, 0.29) is 19.2 Å². The monoisotopic (exact) mass is 318 g/mol. The first-order chi connectivity index (χ1) is 11.0. The molecule has 1 aromatic carbocycles. The normalized spacial score (nSPS) is 13.3. The Hall–Kier alpha value is -2.31. The number of rotatable bonds is 7. The van der Waals surface area contributed by atoms with Crippen LogP contribution in [0.4, 0.5) is 10.5 Å². The third kappa shape index (κ3) is 5.43. The summed E-state index contributed by atoms with van der Waals surface area (Å²) in [5.41, 5.74) is 0.532. The number of urea groups is 1. The number of aliphatic hydroxyl groups is 2. The second kappa shape index (κ2) is 7.80. The van der Waals surface area contributed by atoms with Crippen LogP contribution in [0.3, 0.4) is 0 Å². The zero-order valence-corrected chi connectivity index (χ0v) is 13.1. The minimum atomic E-state index is -1.04. The van der Waals surface area contributed by atoms with Gasteiger partial charge in [-0.15, -0.1) is 0 Å². The topological polar surface area (TPSA) is 94.7 Å². The molecule has 6 nitrogen and oxygen atoms in total. The maximum absolute atomic E-state index is 11.8. The van der Waals surface area contributed by atoms with Gasteiger partial charge in [-0.2, -0.15) is 0 Å². The van der Waals surface area contributed by atoms with Gasteiger partial charge in [-0.05, 0) is 56.2 Å². The van der Waals surface area contributed by atoms with E-state index in [1.54, 1.807) is 25.3 Å². The van der Waals surface area contributed by atoms with E-state index in [4.69, 9.17) is 9.52 Å². The Kier molecular flexibility index (Phi) is 5.78. The molecule has 1 aromatic heterocycles. The van der Waals surface area contributed by atoms with Gasteiger partial charge >= 0.3 is 6.03 Å². The predicted octanol–water partition coefficient (Wildman–Crippen LogP) is 2.59. The lowest BCUT2D eigenvalue weighted by Gasteiger charge is -2.23. The molecule has 1 heterocycles. The van der Waals surface area contributed by atoms with Gasteiger partial charge in [0.05, 0.1) is 11.9 Å². The number of hydrogen-bond donors (Lipinski definition) is 4. The summed E-state index contributed by atoms with van der Waals surface area (Å²) >= 11 is 0. The average molecular weight is 318 g/mol. The SMILES string of the molecule is C[C@@](O)(CCCO)CNC(=O)Nc1ccc(-c2ccco2)cc1. The van der Waals surface area contributed by atoms with Gasteiger partial charge in [0, 0.05) is 24.4 Å². The third-order valence-electron chi connectivity index (χ3n) is 3.45. The van der Waals surface area contributed by atoms with Gasteiger partial charge < -0.3 is 25.3 Å². The summed E-state index contributed by atoms with van der Waals surface area (Å²) in [5, 5.41) is 24.1. The quantitative estimate of drug-likeness (QED) is 0.631. The van der Waals surface area contributed by atoms with Crippen LogP contribution in [0.1, 0.15) is 19.8 Å². The maximum Gasteiger partial charge on any atom is 0.319 e. The summed E-state index contributed by atoms with van der Waals surface area (Å²) in [6, 6.07) is 10.6. The molecule has 0 radical (unpaired) electrons. The van der Waals surface area contributed by atoms with Crippen LogP contribution in [-0.2, 0) is 0 Å². The summed E-state index contributed by atoms with van der Waals surface area (Å²) in [4.78, 5) is 11.8. The zero-order chi connectivity index (χ0) is 16.7. The van der Waals surface area contributed by atoms with E-state index in [1.807, 2.05) is 24.3 Å². The first-order valence-electron chi connectivity index (χ1n) is 7.52. The zero-order valence-electron chi connectivity index (χ0n) is 13.1. The van der Waals surface area contributed by atoms with E-state index >= 15 is 0 Å². The van der Waals surface area contributed by atoms with Crippen molar-refractivity contribution >= 4 is 11.7 Å². The number of carbonyl (C=O) groups is 1. The van der Waals surface area contributed by atoms with E-state index in [1.165, 1.54) is 0 Å². The van der Waals surface area contributed by atoms with Gasteiger partial charge in [-0.3, -0.25) is 0 Å². The summed E-state index contributed by atoms with van der Waals surface area (Å²) < 4.78 is 5.30. The van der Waals surface area contributed by atoms with E-state index < -0.39 is 5.60 Å². The van der Waals surface area contributed by atoms with Gasteiger partial charge in [-0.25, -0.2) is 4.79 Å². The van der Waals surface area contributed by atoms with E-state index in [2.05, 4.69) is 10.6 Å². The standard InChI is InChI=1S/C17H22N2O4/c1-17(22,9-3-10-20)12-18-16(21)19-14-7-5-13(6-8-14)15-4-2-11-23-15/h2,4-8,11,20,22H,3,9-10,12H2,1H3,(H2,18,19,21)/t17-/m1/s1. The van der Waals surface area contributed by atoms with Gasteiger partial charge in [-0.1, -0.05) is 0 Å². The van der Waals surface area contributed by atoms with Crippen LogP contribution in [0, 0.1) is 0 Å². The average Bonchev–Trinajstić information content (AvgIpc) is 3.06. The van der Waals surface area contributed by atoms with Crippen LogP contribution >= 0.6 is 0 Å². The molecule has 0 unspecified atom stereocenters. The molecule has 0 saturated carbocycles. The number of aliphatic hydroxyl groups excluding tert-OH is 1. The molecule has 0 fully saturated rings. The van der Waals surface area contributed by atoms with E-state index in [0.717, 1.165) is 11.3 Å². The van der Waals surface area contributed by atoms with Gasteiger partial charge in [0.15, 0.2) is 0 Å². The predicted molar refractivity (Wildman–Crippen MR) is 88.1 cm³/mol. The van der Waals surface area contributed by atoms with Crippen molar-refractivity contribution in [3.63, 3.8) is 0 Å². The second-order valence-corrected chi connectivity index (χ2v) is 5.69. The van der Waals surface area contributed by atoms with E-state index in [0.29, 0.717) is 18.5 Å². The van der Waals surface area contributed by atoms with Crippen LogP contribution in [0.15, 0.2) is 47.1 Å². The van der Waals surface area contributed by atoms with Crippen molar-refractivity contribution in [1.29, 1.82) is 0 Å². The number of carbonyl (C=O) groups excluding carboxylic acids is 1. The molecule has 0 aliphatic carbocycles. The number of benzene rings is 1. The summed E-state index contributed by atoms with van der Waals surface area (Å²) in [6.45, 7) is 1.76. The smallest absolute Gasteiger partial charge is 0.319 e. The van der Waals surface area contributed by atoms with Crippen molar-refractivity contribution in [3.05, 3.63) is 42.7 Å². The fraction of sp³-hybridized carbons (Fsp3) is 0.353. The molecule has 1 atom stereocenters. The van der Waals surface area contributed by atoms with Crippen molar-refractivity contribution in [3.8, 4) is 11.3 Å². The Morgan fingerprint density at radius 2 is 2.00 bits per heavy atom. The lowest BCUT2D eigenvalue weighted by Crippen LogP contribution is -2.42. The molecule has 124 valence electrons. The highest BCUT2D eigenvalue weighted by molar-refractivity contribution is 5.89. The van der Waals surface area contributed by atoms with Gasteiger partial charge in [0.2, 0.25) is 0 Å². The number of nitrogens with one attached hydrogen (secondary N) is 2. The van der Waals surface area contributed by atoms with Gasteiger partial charge in [0.1, 0.15) is 5.76 Å². The second-order valence-electron chi connectivity index (χ2n) is 5.69. The Morgan fingerprint density at radius 1 is 1.26 bits per heavy atom. The molecule has 6 heteroatoms. The highest BCUT2D eigenvalue weighted by Gasteiger charge is 2.20. The number of amides is 2. The van der Waals surface area contributed by atoms with Crippen LogP contribution in [0.2, 0.25) is 0 Å². The molecule has 23 heavy (non-hydrogen) atoms. The fourth-order valence-corrected chi connectivity index (χ4v) is 2.15. The number of anilines is 1. The Labute approximate surface area is 135 Å². The molecule has 0 saturated heterocycles. The molecule has 2 amide bonds. The number of hydrogen-bond acceptors (Lipinski definition) is 4. The van der Waals surface area contributed by atoms with Crippen molar-refractivity contribution in [1.82, 2.24) is 5.32 Å². The molecule has 4 N–H and O–H groups in total. The Balaban J connectivity index is 1.83. The molecule has 2 aromatic rings. The Morgan fingerprint density at radius 3 is 2.61 bits per heavy atom. The molecule has 0 aliphatic rings. The maximum atomic E-state index is 11.8. The fourth-order valence-electron chi connectivity index (χ4n) is 2.15. The molecular formula is C17H22N2O4. The van der Waals surface area contributed by atoms with Crippen molar-refractivity contribution in [2.24, 2.45) is 0 Å². The molecule has 2 rings (SSSR count). The van der Waals surface area contributed by atoms with Crippen molar-refractivity contribution < 1.29 is 19.4 Å². The lowest BCUT2D eigenvalue weighted by atomic mass is 10.0. The summed E-state index contributed by atoms with van der Waals surface area (Å²) in [6.07, 6.45) is 2.52. The highest BCUT2D eigenvalue weighted by atomic mass is 16.3. The summed E-state index contributed by atoms with van der Waals surface area (Å²) in [7, 11) is 0. The third-order valence-corrected chi connectivity index (χ3v) is 3.45. The molecule has 0 aliphatic heterocycles.